The van der Waals surface area contributed by atoms with Gasteiger partial charge < -0.3 is 10.4 Å². The predicted molar refractivity (Wildman–Crippen MR) is 81.3 cm³/mol. The second kappa shape index (κ2) is 10.1. The lowest BCUT2D eigenvalue weighted by molar-refractivity contribution is -0.117. The van der Waals surface area contributed by atoms with E-state index in [0.717, 1.165) is 12.8 Å². The molecule has 0 heterocycles. The molecule has 0 spiro atoms. The summed E-state index contributed by atoms with van der Waals surface area (Å²) in [5.41, 5.74) is -0.894. The molecule has 0 bridgehead atoms. The van der Waals surface area contributed by atoms with Crippen molar-refractivity contribution in [3.8, 4) is 0 Å². The number of carbonyl (C=O) groups excluding carboxylic acids is 2. The van der Waals surface area contributed by atoms with E-state index < -0.39 is 5.60 Å². The van der Waals surface area contributed by atoms with E-state index in [9.17, 15) is 14.7 Å². The number of aliphatic hydroxyl groups is 1. The number of rotatable bonds is 9. The summed E-state index contributed by atoms with van der Waals surface area (Å²) in [6.45, 7) is 5.33. The van der Waals surface area contributed by atoms with Gasteiger partial charge in [0.2, 0.25) is 5.91 Å². The van der Waals surface area contributed by atoms with E-state index in [1.54, 1.807) is 32.1 Å². The van der Waals surface area contributed by atoms with Crippen LogP contribution in [0, 0.1) is 0 Å². The molecule has 4 nitrogen and oxygen atoms in total. The zero-order valence-electron chi connectivity index (χ0n) is 12.6. The summed E-state index contributed by atoms with van der Waals surface area (Å²) >= 11 is 0. The molecule has 0 rings (SSSR count). The van der Waals surface area contributed by atoms with Crippen LogP contribution in [-0.2, 0) is 9.59 Å². The summed E-state index contributed by atoms with van der Waals surface area (Å²) < 4.78 is 0. The van der Waals surface area contributed by atoms with Crippen LogP contribution in [0.4, 0.5) is 0 Å². The van der Waals surface area contributed by atoms with Crippen molar-refractivity contribution in [1.82, 2.24) is 5.32 Å². The van der Waals surface area contributed by atoms with E-state index >= 15 is 0 Å². The van der Waals surface area contributed by atoms with Crippen LogP contribution in [0.5, 0.6) is 0 Å². The van der Waals surface area contributed by atoms with Crippen LogP contribution in [0.1, 0.15) is 40.0 Å². The fraction of sp³-hybridized carbons (Fsp3) is 0.500. The van der Waals surface area contributed by atoms with Gasteiger partial charge in [-0.2, -0.15) is 0 Å². The molecular weight excluding hydrogens is 254 g/mol. The summed E-state index contributed by atoms with van der Waals surface area (Å²) in [7, 11) is 0. The second-order valence-electron chi connectivity index (χ2n) is 5.12. The quantitative estimate of drug-likeness (QED) is 0.386. The van der Waals surface area contributed by atoms with Gasteiger partial charge in [-0.15, -0.1) is 0 Å². The third-order valence-corrected chi connectivity index (χ3v) is 2.34. The van der Waals surface area contributed by atoms with Crippen molar-refractivity contribution >= 4 is 11.7 Å². The third-order valence-electron chi connectivity index (χ3n) is 2.34. The first-order valence-electron chi connectivity index (χ1n) is 6.88. The highest BCUT2D eigenvalue weighted by Crippen LogP contribution is 1.97. The van der Waals surface area contributed by atoms with Gasteiger partial charge in [-0.25, -0.2) is 0 Å². The van der Waals surface area contributed by atoms with E-state index in [1.165, 1.54) is 6.08 Å². The minimum absolute atomic E-state index is 0.109. The SMILES string of the molecule is CCC(=O)/C=C/C=C/CC/C=C/C(=O)NCC(C)(C)O. The second-order valence-corrected chi connectivity index (χ2v) is 5.12. The van der Waals surface area contributed by atoms with Crippen LogP contribution < -0.4 is 5.32 Å². The van der Waals surface area contributed by atoms with Gasteiger partial charge in [-0.05, 0) is 38.8 Å². The van der Waals surface area contributed by atoms with Crippen LogP contribution in [-0.4, -0.2) is 28.9 Å². The molecule has 1 amide bonds. The number of allylic oxidation sites excluding steroid dienone is 5. The number of hydrogen-bond acceptors (Lipinski definition) is 3. The summed E-state index contributed by atoms with van der Waals surface area (Å²) in [5.74, 6) is -0.0948. The van der Waals surface area contributed by atoms with Crippen molar-refractivity contribution in [2.45, 2.75) is 45.6 Å². The molecule has 0 radical (unpaired) electrons. The molecule has 4 heteroatoms. The predicted octanol–water partition coefficient (Wildman–Crippen LogP) is 2.30. The lowest BCUT2D eigenvalue weighted by Gasteiger charge is -2.16. The molecule has 0 fully saturated rings. The zero-order chi connectivity index (χ0) is 15.4. The molecule has 0 atom stereocenters. The molecule has 0 aliphatic heterocycles. The van der Waals surface area contributed by atoms with Crippen LogP contribution in [0.2, 0.25) is 0 Å². The van der Waals surface area contributed by atoms with Gasteiger partial charge in [0, 0.05) is 13.0 Å². The smallest absolute Gasteiger partial charge is 0.243 e. The van der Waals surface area contributed by atoms with Gasteiger partial charge in [0.15, 0.2) is 5.78 Å². The molecule has 0 saturated heterocycles. The average molecular weight is 279 g/mol. The molecule has 112 valence electrons. The van der Waals surface area contributed by atoms with E-state index in [0.29, 0.717) is 6.42 Å². The van der Waals surface area contributed by atoms with Gasteiger partial charge in [0.05, 0.1) is 5.60 Å². The monoisotopic (exact) mass is 279 g/mol. The Kier molecular flexibility index (Phi) is 9.30. The van der Waals surface area contributed by atoms with Gasteiger partial charge in [-0.1, -0.05) is 31.2 Å². The zero-order valence-corrected chi connectivity index (χ0v) is 12.6. The van der Waals surface area contributed by atoms with Gasteiger partial charge >= 0.3 is 0 Å². The minimum Gasteiger partial charge on any atom is -0.389 e. The van der Waals surface area contributed by atoms with Crippen molar-refractivity contribution in [2.24, 2.45) is 0 Å². The third kappa shape index (κ3) is 12.8. The average Bonchev–Trinajstić information content (AvgIpc) is 2.38. The number of carbonyl (C=O) groups is 2. The topological polar surface area (TPSA) is 66.4 Å². The molecule has 2 N–H and O–H groups in total. The maximum absolute atomic E-state index is 11.4. The fourth-order valence-electron chi connectivity index (χ4n) is 1.20. The van der Waals surface area contributed by atoms with Crippen LogP contribution in [0.3, 0.4) is 0 Å². The largest absolute Gasteiger partial charge is 0.389 e. The summed E-state index contributed by atoms with van der Waals surface area (Å²) in [6.07, 6.45) is 12.4. The van der Waals surface area contributed by atoms with Crippen LogP contribution in [0.25, 0.3) is 0 Å². The first-order valence-corrected chi connectivity index (χ1v) is 6.88. The molecule has 0 unspecified atom stereocenters. The number of amides is 1. The van der Waals surface area contributed by atoms with Gasteiger partial charge in [0.25, 0.3) is 0 Å². The van der Waals surface area contributed by atoms with E-state index in [1.807, 2.05) is 19.1 Å². The highest BCUT2D eigenvalue weighted by molar-refractivity contribution is 5.89. The fourth-order valence-corrected chi connectivity index (χ4v) is 1.20. The maximum Gasteiger partial charge on any atom is 0.243 e. The summed E-state index contributed by atoms with van der Waals surface area (Å²) in [6, 6.07) is 0. The summed E-state index contributed by atoms with van der Waals surface area (Å²) in [5, 5.41) is 12.0. The van der Waals surface area contributed by atoms with Crippen molar-refractivity contribution in [1.29, 1.82) is 0 Å². The van der Waals surface area contributed by atoms with Crippen LogP contribution >= 0.6 is 0 Å². The normalized spacial score (nSPS) is 12.6. The Morgan fingerprint density at radius 2 is 1.75 bits per heavy atom. The highest BCUT2D eigenvalue weighted by atomic mass is 16.3. The lowest BCUT2D eigenvalue weighted by atomic mass is 10.1. The van der Waals surface area contributed by atoms with Gasteiger partial charge in [-0.3, -0.25) is 9.59 Å². The number of nitrogens with one attached hydrogen (secondary N) is 1. The van der Waals surface area contributed by atoms with E-state index in [-0.39, 0.29) is 18.2 Å². The number of hydrogen-bond donors (Lipinski definition) is 2. The van der Waals surface area contributed by atoms with Gasteiger partial charge in [0.1, 0.15) is 0 Å². The Morgan fingerprint density at radius 1 is 1.10 bits per heavy atom. The summed E-state index contributed by atoms with van der Waals surface area (Å²) in [4.78, 5) is 22.3. The molecule has 0 saturated carbocycles. The Balaban J connectivity index is 3.76. The van der Waals surface area contributed by atoms with Crippen molar-refractivity contribution in [2.75, 3.05) is 6.54 Å². The Hall–Kier alpha value is -1.68. The molecule has 0 aromatic heterocycles. The molecular formula is C16H25NO3. The molecule has 0 aromatic carbocycles. The number of unbranched alkanes of at least 4 members (excludes halogenated alkanes) is 1. The van der Waals surface area contributed by atoms with E-state index in [4.69, 9.17) is 0 Å². The Labute approximate surface area is 121 Å². The highest BCUT2D eigenvalue weighted by Gasteiger charge is 2.12. The molecule has 0 aromatic rings. The first kappa shape index (κ1) is 18.3. The standard InChI is InChI=1S/C16H25NO3/c1-4-14(18)11-9-7-5-6-8-10-12-15(19)17-13-16(2,3)20/h5,7,9-12,20H,4,6,8,13H2,1-3H3,(H,17,19)/b7-5+,11-9+,12-10+. The Morgan fingerprint density at radius 3 is 2.35 bits per heavy atom. The van der Waals surface area contributed by atoms with Crippen molar-refractivity contribution < 1.29 is 14.7 Å². The van der Waals surface area contributed by atoms with Crippen molar-refractivity contribution in [3.05, 3.63) is 36.5 Å². The maximum atomic E-state index is 11.4. The first-order chi connectivity index (χ1) is 9.35. The van der Waals surface area contributed by atoms with Crippen molar-refractivity contribution in [3.63, 3.8) is 0 Å². The number of ketones is 1. The van der Waals surface area contributed by atoms with E-state index in [2.05, 4.69) is 5.32 Å². The Bertz CT molecular complexity index is 387. The molecule has 0 aliphatic rings. The van der Waals surface area contributed by atoms with Crippen LogP contribution in [0.15, 0.2) is 36.5 Å². The molecule has 0 aliphatic carbocycles. The molecule has 20 heavy (non-hydrogen) atoms. The lowest BCUT2D eigenvalue weighted by Crippen LogP contribution is -2.37. The minimum atomic E-state index is -0.894.